The molecule has 19 heavy (non-hydrogen) atoms. The molecular weight excluding hydrogens is 238 g/mol. The molecule has 0 radical (unpaired) electrons. The first kappa shape index (κ1) is 13.3. The second kappa shape index (κ2) is 5.69. The molecule has 0 fully saturated rings. The van der Waals surface area contributed by atoms with Gasteiger partial charge in [0, 0.05) is 31.7 Å². The van der Waals surface area contributed by atoms with Gasteiger partial charge < -0.3 is 10.2 Å². The topological polar surface area (TPSA) is 45.2 Å². The number of benzene rings is 1. The molecule has 4 nitrogen and oxygen atoms in total. The fourth-order valence-corrected chi connectivity index (χ4v) is 2.02. The third kappa shape index (κ3) is 2.52. The van der Waals surface area contributed by atoms with Gasteiger partial charge in [-0.25, -0.2) is 4.98 Å². The van der Waals surface area contributed by atoms with Gasteiger partial charge >= 0.3 is 0 Å². The third-order valence-electron chi connectivity index (χ3n) is 3.19. The zero-order chi connectivity index (χ0) is 13.8. The Morgan fingerprint density at radius 3 is 2.58 bits per heavy atom. The molecule has 1 amide bonds. The molecule has 1 aromatic heterocycles. The summed E-state index contributed by atoms with van der Waals surface area (Å²) in [7, 11) is 1.80. The molecule has 1 N–H and O–H groups in total. The zero-order valence-electron chi connectivity index (χ0n) is 11.6. The predicted molar refractivity (Wildman–Crippen MR) is 78.5 cm³/mol. The van der Waals surface area contributed by atoms with E-state index >= 15 is 0 Å². The van der Waals surface area contributed by atoms with Gasteiger partial charge in [0.2, 0.25) is 0 Å². The molecule has 4 heteroatoms. The number of carbonyl (C=O) groups excluding carboxylic acids is 1. The Bertz CT molecular complexity index is 595. The van der Waals surface area contributed by atoms with E-state index in [1.807, 2.05) is 38.1 Å². The number of anilines is 1. The van der Waals surface area contributed by atoms with Crippen LogP contribution >= 0.6 is 0 Å². The lowest BCUT2D eigenvalue weighted by Crippen LogP contribution is -2.26. The van der Waals surface area contributed by atoms with E-state index in [0.717, 1.165) is 23.1 Å². The van der Waals surface area contributed by atoms with Crippen molar-refractivity contribution in [3.63, 3.8) is 0 Å². The summed E-state index contributed by atoms with van der Waals surface area (Å²) in [5.41, 5.74) is 0.654. The Labute approximate surface area is 113 Å². The van der Waals surface area contributed by atoms with Gasteiger partial charge in [0.05, 0.1) is 5.56 Å². The Morgan fingerprint density at radius 2 is 1.95 bits per heavy atom. The molecule has 0 spiro atoms. The van der Waals surface area contributed by atoms with Crippen LogP contribution in [0.2, 0.25) is 0 Å². The van der Waals surface area contributed by atoms with Crippen LogP contribution in [0.3, 0.4) is 0 Å². The van der Waals surface area contributed by atoms with E-state index < -0.39 is 0 Å². The lowest BCUT2D eigenvalue weighted by atomic mass is 10.1. The number of fused-ring (bicyclic) bond motifs is 1. The van der Waals surface area contributed by atoms with Gasteiger partial charge in [0.1, 0.15) is 5.82 Å². The molecule has 0 aliphatic rings. The van der Waals surface area contributed by atoms with Gasteiger partial charge in [0.25, 0.3) is 5.91 Å². The number of nitrogens with one attached hydrogen (secondary N) is 1. The van der Waals surface area contributed by atoms with Crippen molar-refractivity contribution < 1.29 is 4.79 Å². The van der Waals surface area contributed by atoms with Crippen molar-refractivity contribution in [2.24, 2.45) is 0 Å². The maximum absolute atomic E-state index is 12.3. The van der Waals surface area contributed by atoms with E-state index in [1.54, 1.807) is 18.1 Å². The first-order valence-corrected chi connectivity index (χ1v) is 6.56. The van der Waals surface area contributed by atoms with Crippen LogP contribution in [0.1, 0.15) is 24.2 Å². The number of hydrogen-bond acceptors (Lipinski definition) is 3. The fraction of sp³-hybridized carbons (Fsp3) is 0.333. The van der Waals surface area contributed by atoms with Gasteiger partial charge in [-0.3, -0.25) is 4.79 Å². The van der Waals surface area contributed by atoms with E-state index in [4.69, 9.17) is 0 Å². The lowest BCUT2D eigenvalue weighted by molar-refractivity contribution is 0.0804. The Balaban J connectivity index is 2.58. The average molecular weight is 257 g/mol. The quantitative estimate of drug-likeness (QED) is 0.916. The summed E-state index contributed by atoms with van der Waals surface area (Å²) in [5, 5.41) is 5.15. The van der Waals surface area contributed by atoms with Gasteiger partial charge in [-0.05, 0) is 19.2 Å². The monoisotopic (exact) mass is 257 g/mol. The minimum atomic E-state index is 0.00856. The summed E-state index contributed by atoms with van der Waals surface area (Å²) in [6.07, 6.45) is 1.66. The molecule has 0 aliphatic carbocycles. The van der Waals surface area contributed by atoms with E-state index in [-0.39, 0.29) is 5.91 Å². The van der Waals surface area contributed by atoms with Gasteiger partial charge in [-0.1, -0.05) is 24.3 Å². The number of hydrogen-bond donors (Lipinski definition) is 1. The normalized spacial score (nSPS) is 10.5. The van der Waals surface area contributed by atoms with Crippen molar-refractivity contribution in [1.82, 2.24) is 9.88 Å². The Kier molecular flexibility index (Phi) is 4.00. The van der Waals surface area contributed by atoms with Gasteiger partial charge in [-0.2, -0.15) is 0 Å². The molecule has 1 aromatic carbocycles. The van der Waals surface area contributed by atoms with Crippen LogP contribution in [0.25, 0.3) is 10.8 Å². The number of pyridine rings is 1. The van der Waals surface area contributed by atoms with Crippen molar-refractivity contribution in [3.05, 3.63) is 36.0 Å². The minimum Gasteiger partial charge on any atom is -0.370 e. The maximum Gasteiger partial charge on any atom is 0.255 e. The van der Waals surface area contributed by atoms with Crippen molar-refractivity contribution in [3.8, 4) is 0 Å². The van der Waals surface area contributed by atoms with Crippen LogP contribution in [-0.2, 0) is 0 Å². The van der Waals surface area contributed by atoms with Crippen LogP contribution in [0, 0.1) is 0 Å². The van der Waals surface area contributed by atoms with E-state index in [1.165, 1.54) is 0 Å². The molecule has 2 rings (SSSR count). The highest BCUT2D eigenvalue weighted by Gasteiger charge is 2.15. The van der Waals surface area contributed by atoms with Crippen LogP contribution in [-0.4, -0.2) is 35.9 Å². The average Bonchev–Trinajstić information content (AvgIpc) is 2.46. The van der Waals surface area contributed by atoms with Crippen LogP contribution in [0.4, 0.5) is 5.82 Å². The fourth-order valence-electron chi connectivity index (χ4n) is 2.02. The highest BCUT2D eigenvalue weighted by Crippen LogP contribution is 2.25. The van der Waals surface area contributed by atoms with Crippen LogP contribution < -0.4 is 5.32 Å². The van der Waals surface area contributed by atoms with E-state index in [2.05, 4.69) is 10.3 Å². The van der Waals surface area contributed by atoms with E-state index in [9.17, 15) is 4.79 Å². The van der Waals surface area contributed by atoms with Crippen molar-refractivity contribution in [2.45, 2.75) is 13.8 Å². The third-order valence-corrected chi connectivity index (χ3v) is 3.19. The molecule has 2 aromatic rings. The van der Waals surface area contributed by atoms with Crippen molar-refractivity contribution in [1.29, 1.82) is 0 Å². The molecule has 1 heterocycles. The van der Waals surface area contributed by atoms with E-state index in [0.29, 0.717) is 12.1 Å². The van der Waals surface area contributed by atoms with Crippen LogP contribution in [0.5, 0.6) is 0 Å². The summed E-state index contributed by atoms with van der Waals surface area (Å²) < 4.78 is 0. The van der Waals surface area contributed by atoms with Gasteiger partial charge in [-0.15, -0.1) is 0 Å². The van der Waals surface area contributed by atoms with Gasteiger partial charge in [0.15, 0.2) is 0 Å². The highest BCUT2D eigenvalue weighted by molar-refractivity contribution is 6.09. The molecule has 0 aliphatic heterocycles. The second-order valence-corrected chi connectivity index (χ2v) is 4.42. The first-order valence-electron chi connectivity index (χ1n) is 6.56. The Hall–Kier alpha value is -2.10. The molecule has 0 unspecified atom stereocenters. The largest absolute Gasteiger partial charge is 0.370 e. The summed E-state index contributed by atoms with van der Waals surface area (Å²) >= 11 is 0. The maximum atomic E-state index is 12.3. The molecule has 0 atom stereocenters. The predicted octanol–water partition coefficient (Wildman–Crippen LogP) is 2.76. The highest BCUT2D eigenvalue weighted by atomic mass is 16.2. The molecule has 100 valence electrons. The molecule has 0 saturated carbocycles. The van der Waals surface area contributed by atoms with Crippen LogP contribution in [0.15, 0.2) is 30.5 Å². The molecule has 0 bridgehead atoms. The Morgan fingerprint density at radius 1 is 1.26 bits per heavy atom. The number of amides is 1. The number of aromatic nitrogens is 1. The molecular formula is C15H19N3O. The number of nitrogens with zero attached hydrogens (tertiary/aromatic N) is 2. The minimum absolute atomic E-state index is 0.00856. The number of rotatable bonds is 4. The summed E-state index contributed by atoms with van der Waals surface area (Å²) in [6, 6.07) is 7.86. The van der Waals surface area contributed by atoms with Crippen molar-refractivity contribution in [2.75, 3.05) is 25.5 Å². The summed E-state index contributed by atoms with van der Waals surface area (Å²) in [6.45, 7) is 5.47. The standard InChI is InChI=1S/C15H19N3O/c1-4-16-14-12-9-7-6-8-11(12)13(10-17-14)15(19)18(3)5-2/h6-10H,4-5H2,1-3H3,(H,16,17). The lowest BCUT2D eigenvalue weighted by Gasteiger charge is -2.16. The van der Waals surface area contributed by atoms with Crippen molar-refractivity contribution >= 4 is 22.5 Å². The first-order chi connectivity index (χ1) is 9.19. The molecule has 0 saturated heterocycles. The smallest absolute Gasteiger partial charge is 0.255 e. The summed E-state index contributed by atoms with van der Waals surface area (Å²) in [5.74, 6) is 0.836. The number of carbonyl (C=O) groups is 1. The summed E-state index contributed by atoms with van der Waals surface area (Å²) in [4.78, 5) is 18.4. The second-order valence-electron chi connectivity index (χ2n) is 4.42. The zero-order valence-corrected chi connectivity index (χ0v) is 11.6. The SMILES string of the molecule is CCNc1ncc(C(=O)N(C)CC)c2ccccc12.